The minimum atomic E-state index is -1.26. The van der Waals surface area contributed by atoms with Crippen molar-refractivity contribution in [2.45, 2.75) is 6.92 Å². The van der Waals surface area contributed by atoms with Crippen LogP contribution in [0.4, 0.5) is 5.69 Å². The molecule has 1 aromatic carbocycles. The van der Waals surface area contributed by atoms with Gasteiger partial charge in [-0.25, -0.2) is 4.79 Å². The fourth-order valence-electron chi connectivity index (χ4n) is 1.71. The van der Waals surface area contributed by atoms with E-state index in [2.05, 4.69) is 0 Å². The van der Waals surface area contributed by atoms with Crippen molar-refractivity contribution >= 4 is 11.7 Å². The van der Waals surface area contributed by atoms with E-state index in [4.69, 9.17) is 9.52 Å². The third-order valence-corrected chi connectivity index (χ3v) is 2.50. The fraction of sp³-hybridized carbons (Fsp3) is 0.0833. The zero-order valence-corrected chi connectivity index (χ0v) is 9.41. The van der Waals surface area contributed by atoms with Crippen LogP contribution < -0.4 is 0 Å². The Balaban J connectivity index is 2.67. The van der Waals surface area contributed by atoms with Crippen LogP contribution in [0.5, 0.6) is 0 Å². The molecule has 92 valence electrons. The summed E-state index contributed by atoms with van der Waals surface area (Å²) < 4.78 is 4.82. The number of hydrogen-bond donors (Lipinski definition) is 1. The van der Waals surface area contributed by atoms with E-state index < -0.39 is 10.9 Å². The number of aryl methyl sites for hydroxylation is 1. The first-order valence-corrected chi connectivity index (χ1v) is 5.07. The molecule has 1 heterocycles. The van der Waals surface area contributed by atoms with E-state index in [-0.39, 0.29) is 22.6 Å². The third-order valence-electron chi connectivity index (χ3n) is 2.50. The SMILES string of the molecule is Cc1ccc(-c2ccoc2C(=O)O)c([N+](=O)[O-])c1. The Morgan fingerprint density at radius 1 is 1.33 bits per heavy atom. The van der Waals surface area contributed by atoms with Crippen LogP contribution in [0.25, 0.3) is 11.1 Å². The molecule has 0 aliphatic heterocycles. The predicted molar refractivity (Wildman–Crippen MR) is 62.5 cm³/mol. The first-order chi connectivity index (χ1) is 8.50. The standard InChI is InChI=1S/C12H9NO5/c1-7-2-3-8(10(6-7)13(16)17)9-4-5-18-11(9)12(14)15/h2-6H,1H3,(H,14,15). The molecule has 18 heavy (non-hydrogen) atoms. The minimum Gasteiger partial charge on any atom is -0.475 e. The van der Waals surface area contributed by atoms with Gasteiger partial charge < -0.3 is 9.52 Å². The molecule has 1 N–H and O–H groups in total. The number of nitrogens with zero attached hydrogens (tertiary/aromatic N) is 1. The number of carboxylic acids is 1. The molecule has 1 aromatic heterocycles. The molecule has 6 nitrogen and oxygen atoms in total. The molecule has 0 unspecified atom stereocenters. The average molecular weight is 247 g/mol. The van der Waals surface area contributed by atoms with Crippen LogP contribution in [0.1, 0.15) is 16.1 Å². The van der Waals surface area contributed by atoms with Gasteiger partial charge in [-0.15, -0.1) is 0 Å². The topological polar surface area (TPSA) is 93.6 Å². The maximum atomic E-state index is 11.0. The summed E-state index contributed by atoms with van der Waals surface area (Å²) in [5.41, 5.74) is 1.02. The predicted octanol–water partition coefficient (Wildman–Crippen LogP) is 2.86. The second-order valence-electron chi connectivity index (χ2n) is 3.75. The fourth-order valence-corrected chi connectivity index (χ4v) is 1.71. The van der Waals surface area contributed by atoms with E-state index in [1.807, 2.05) is 0 Å². The summed E-state index contributed by atoms with van der Waals surface area (Å²) in [7, 11) is 0. The molecule has 6 heteroatoms. The van der Waals surface area contributed by atoms with Gasteiger partial charge in [-0.2, -0.15) is 0 Å². The molecule has 0 radical (unpaired) electrons. The molecule has 0 aliphatic carbocycles. The van der Waals surface area contributed by atoms with Gasteiger partial charge in [0.05, 0.1) is 16.7 Å². The van der Waals surface area contributed by atoms with Crippen molar-refractivity contribution in [3.05, 3.63) is 52.0 Å². The lowest BCUT2D eigenvalue weighted by molar-refractivity contribution is -0.384. The highest BCUT2D eigenvalue weighted by atomic mass is 16.6. The van der Waals surface area contributed by atoms with Crippen molar-refractivity contribution in [3.63, 3.8) is 0 Å². The number of carbonyl (C=O) groups is 1. The van der Waals surface area contributed by atoms with Crippen molar-refractivity contribution in [1.29, 1.82) is 0 Å². The largest absolute Gasteiger partial charge is 0.475 e. The van der Waals surface area contributed by atoms with Gasteiger partial charge in [0.1, 0.15) is 0 Å². The number of benzene rings is 1. The first-order valence-electron chi connectivity index (χ1n) is 5.07. The Bertz CT molecular complexity index is 629. The van der Waals surface area contributed by atoms with E-state index in [0.29, 0.717) is 0 Å². The Labute approximate surface area is 102 Å². The van der Waals surface area contributed by atoms with Gasteiger partial charge in [0.15, 0.2) is 0 Å². The zero-order chi connectivity index (χ0) is 13.3. The Hall–Kier alpha value is -2.63. The van der Waals surface area contributed by atoms with E-state index in [9.17, 15) is 14.9 Å². The van der Waals surface area contributed by atoms with Crippen molar-refractivity contribution in [2.75, 3.05) is 0 Å². The molecule has 2 aromatic rings. The van der Waals surface area contributed by atoms with Gasteiger partial charge >= 0.3 is 5.97 Å². The van der Waals surface area contributed by atoms with Gasteiger partial charge in [0, 0.05) is 11.6 Å². The number of rotatable bonds is 3. The monoisotopic (exact) mass is 247 g/mol. The highest BCUT2D eigenvalue weighted by Gasteiger charge is 2.22. The number of hydrogen-bond acceptors (Lipinski definition) is 4. The molecule has 0 saturated heterocycles. The van der Waals surface area contributed by atoms with Crippen LogP contribution in [0.3, 0.4) is 0 Å². The van der Waals surface area contributed by atoms with Crippen LogP contribution in [0.15, 0.2) is 34.9 Å². The molecule has 0 bridgehead atoms. The molecular weight excluding hydrogens is 238 g/mol. The second kappa shape index (κ2) is 4.33. The summed E-state index contributed by atoms with van der Waals surface area (Å²) >= 11 is 0. The minimum absolute atomic E-state index is 0.140. The molecule has 2 rings (SSSR count). The summed E-state index contributed by atoms with van der Waals surface area (Å²) in [6, 6.07) is 6.00. The van der Waals surface area contributed by atoms with Gasteiger partial charge in [0.2, 0.25) is 5.76 Å². The van der Waals surface area contributed by atoms with E-state index >= 15 is 0 Å². The van der Waals surface area contributed by atoms with Crippen molar-refractivity contribution in [1.82, 2.24) is 0 Å². The maximum Gasteiger partial charge on any atom is 0.372 e. The number of aromatic carboxylic acids is 1. The van der Waals surface area contributed by atoms with E-state index in [1.54, 1.807) is 13.0 Å². The summed E-state index contributed by atoms with van der Waals surface area (Å²) in [5, 5.41) is 19.9. The summed E-state index contributed by atoms with van der Waals surface area (Å²) in [5.74, 6) is -1.56. The molecule has 0 aliphatic rings. The Morgan fingerprint density at radius 3 is 2.67 bits per heavy atom. The number of nitro benzene ring substituents is 1. The second-order valence-corrected chi connectivity index (χ2v) is 3.75. The van der Waals surface area contributed by atoms with Crippen molar-refractivity contribution in [3.8, 4) is 11.1 Å². The smallest absolute Gasteiger partial charge is 0.372 e. The maximum absolute atomic E-state index is 11.0. The van der Waals surface area contributed by atoms with Gasteiger partial charge in [-0.05, 0) is 24.6 Å². The molecule has 0 fully saturated rings. The lowest BCUT2D eigenvalue weighted by Crippen LogP contribution is -1.98. The summed E-state index contributed by atoms with van der Waals surface area (Å²) in [4.78, 5) is 21.4. The highest BCUT2D eigenvalue weighted by molar-refractivity contribution is 5.94. The van der Waals surface area contributed by atoms with Crippen LogP contribution in [-0.2, 0) is 0 Å². The van der Waals surface area contributed by atoms with Crippen molar-refractivity contribution < 1.29 is 19.2 Å². The number of nitro groups is 1. The normalized spacial score (nSPS) is 10.3. The summed E-state index contributed by atoms with van der Waals surface area (Å²) in [6.07, 6.45) is 1.20. The lowest BCUT2D eigenvalue weighted by atomic mass is 10.0. The highest BCUT2D eigenvalue weighted by Crippen LogP contribution is 2.33. The van der Waals surface area contributed by atoms with Gasteiger partial charge in [0.25, 0.3) is 5.69 Å². The van der Waals surface area contributed by atoms with Gasteiger partial charge in [-0.3, -0.25) is 10.1 Å². The number of furan rings is 1. The first kappa shape index (κ1) is 11.8. The molecule has 0 atom stereocenters. The number of carboxylic acid groups (broad SMARTS) is 1. The molecule has 0 amide bonds. The average Bonchev–Trinajstić information content (AvgIpc) is 2.77. The quantitative estimate of drug-likeness (QED) is 0.664. The van der Waals surface area contributed by atoms with Crippen molar-refractivity contribution in [2.24, 2.45) is 0 Å². The Morgan fingerprint density at radius 2 is 2.06 bits per heavy atom. The van der Waals surface area contributed by atoms with Crippen LogP contribution in [0.2, 0.25) is 0 Å². The van der Waals surface area contributed by atoms with Gasteiger partial charge in [-0.1, -0.05) is 6.07 Å². The Kier molecular flexibility index (Phi) is 2.85. The van der Waals surface area contributed by atoms with Crippen LogP contribution in [0, 0.1) is 17.0 Å². The molecular formula is C12H9NO5. The third kappa shape index (κ3) is 1.95. The zero-order valence-electron chi connectivity index (χ0n) is 9.41. The lowest BCUT2D eigenvalue weighted by Gasteiger charge is -2.02. The molecule has 0 spiro atoms. The van der Waals surface area contributed by atoms with E-state index in [1.165, 1.54) is 24.5 Å². The van der Waals surface area contributed by atoms with Crippen LogP contribution in [-0.4, -0.2) is 16.0 Å². The summed E-state index contributed by atoms with van der Waals surface area (Å²) in [6.45, 7) is 1.73. The van der Waals surface area contributed by atoms with E-state index in [0.717, 1.165) is 5.56 Å². The van der Waals surface area contributed by atoms with Crippen LogP contribution >= 0.6 is 0 Å². The molecule has 0 saturated carbocycles.